The Morgan fingerprint density at radius 3 is 2.50 bits per heavy atom. The maximum Gasteiger partial charge on any atom is 0.141 e. The van der Waals surface area contributed by atoms with E-state index in [2.05, 4.69) is 6.58 Å². The molecule has 0 aliphatic heterocycles. The zero-order chi connectivity index (χ0) is 19.1. The first-order chi connectivity index (χ1) is 12.5. The molecular formula is C20H21F2NO3. The third-order valence-corrected chi connectivity index (χ3v) is 4.03. The summed E-state index contributed by atoms with van der Waals surface area (Å²) >= 11 is 0. The number of carbonyl (C=O) groups is 1. The van der Waals surface area contributed by atoms with Crippen LogP contribution in [-0.4, -0.2) is 32.0 Å². The standard InChI is InChI=1S/C20H21F2NO3/c1-4-9-23(12-14-5-7-16(25-2)11-20(14)26-3)19(13-24)17-8-6-15(21)10-18(17)22/h4-8,10-11,13,19H,1,9,12H2,2-3H3. The van der Waals surface area contributed by atoms with E-state index in [1.807, 2.05) is 6.07 Å². The van der Waals surface area contributed by atoms with E-state index >= 15 is 0 Å². The number of ether oxygens (including phenoxy) is 2. The van der Waals surface area contributed by atoms with E-state index in [9.17, 15) is 13.6 Å². The Balaban J connectivity index is 2.37. The van der Waals surface area contributed by atoms with Gasteiger partial charge in [0, 0.05) is 36.3 Å². The van der Waals surface area contributed by atoms with Gasteiger partial charge in [-0.3, -0.25) is 4.90 Å². The van der Waals surface area contributed by atoms with Gasteiger partial charge in [0.05, 0.1) is 20.3 Å². The van der Waals surface area contributed by atoms with Crippen LogP contribution in [0, 0.1) is 11.6 Å². The Bertz CT molecular complexity index is 780. The Morgan fingerprint density at radius 2 is 1.92 bits per heavy atom. The number of rotatable bonds is 9. The monoisotopic (exact) mass is 361 g/mol. The second-order valence-electron chi connectivity index (χ2n) is 5.64. The topological polar surface area (TPSA) is 38.8 Å². The molecule has 4 nitrogen and oxygen atoms in total. The molecule has 1 unspecified atom stereocenters. The zero-order valence-electron chi connectivity index (χ0n) is 14.7. The van der Waals surface area contributed by atoms with Crippen molar-refractivity contribution in [3.8, 4) is 11.5 Å². The molecule has 2 aromatic carbocycles. The molecular weight excluding hydrogens is 340 g/mol. The molecule has 0 amide bonds. The van der Waals surface area contributed by atoms with Gasteiger partial charge in [-0.2, -0.15) is 0 Å². The summed E-state index contributed by atoms with van der Waals surface area (Å²) in [6.07, 6.45) is 2.25. The Hall–Kier alpha value is -2.73. The molecule has 2 aromatic rings. The molecule has 0 saturated carbocycles. The van der Waals surface area contributed by atoms with Gasteiger partial charge in [-0.1, -0.05) is 18.2 Å². The van der Waals surface area contributed by atoms with Crippen molar-refractivity contribution in [3.63, 3.8) is 0 Å². The number of carbonyl (C=O) groups excluding carboxylic acids is 1. The minimum absolute atomic E-state index is 0.107. The van der Waals surface area contributed by atoms with Crippen LogP contribution < -0.4 is 9.47 Å². The zero-order valence-corrected chi connectivity index (χ0v) is 14.7. The van der Waals surface area contributed by atoms with E-state index in [0.29, 0.717) is 30.9 Å². The van der Waals surface area contributed by atoms with E-state index in [1.165, 1.54) is 13.2 Å². The maximum atomic E-state index is 14.2. The molecule has 26 heavy (non-hydrogen) atoms. The fourth-order valence-corrected chi connectivity index (χ4v) is 2.74. The van der Waals surface area contributed by atoms with Gasteiger partial charge >= 0.3 is 0 Å². The summed E-state index contributed by atoms with van der Waals surface area (Å²) in [6, 6.07) is 7.62. The quantitative estimate of drug-likeness (QED) is 0.501. The molecule has 0 saturated heterocycles. The molecule has 0 fully saturated rings. The Labute approximate surface area is 151 Å². The lowest BCUT2D eigenvalue weighted by molar-refractivity contribution is -0.112. The molecule has 138 valence electrons. The fourth-order valence-electron chi connectivity index (χ4n) is 2.74. The third-order valence-electron chi connectivity index (χ3n) is 4.03. The molecule has 0 heterocycles. The summed E-state index contributed by atoms with van der Waals surface area (Å²) < 4.78 is 37.9. The predicted molar refractivity (Wildman–Crippen MR) is 95.3 cm³/mol. The van der Waals surface area contributed by atoms with Crippen LogP contribution in [0.15, 0.2) is 49.1 Å². The molecule has 0 bridgehead atoms. The van der Waals surface area contributed by atoms with Crippen LogP contribution in [0.1, 0.15) is 17.2 Å². The summed E-state index contributed by atoms with van der Waals surface area (Å²) in [5.74, 6) is -0.235. The van der Waals surface area contributed by atoms with E-state index in [-0.39, 0.29) is 5.56 Å². The molecule has 0 N–H and O–H groups in total. The smallest absolute Gasteiger partial charge is 0.141 e. The van der Waals surface area contributed by atoms with Crippen molar-refractivity contribution in [1.29, 1.82) is 0 Å². The predicted octanol–water partition coefficient (Wildman–Crippen LogP) is 3.91. The van der Waals surface area contributed by atoms with Crippen LogP contribution in [0.25, 0.3) is 0 Å². The summed E-state index contributed by atoms with van der Waals surface area (Å²) in [6.45, 7) is 4.33. The molecule has 0 spiro atoms. The number of nitrogens with zero attached hydrogens (tertiary/aromatic N) is 1. The average molecular weight is 361 g/mol. The minimum atomic E-state index is -0.889. The second-order valence-corrected chi connectivity index (χ2v) is 5.64. The van der Waals surface area contributed by atoms with Crippen LogP contribution in [-0.2, 0) is 11.3 Å². The van der Waals surface area contributed by atoms with Gasteiger partial charge in [-0.05, 0) is 12.1 Å². The van der Waals surface area contributed by atoms with Crippen molar-refractivity contribution in [2.45, 2.75) is 12.6 Å². The van der Waals surface area contributed by atoms with Crippen LogP contribution in [0.4, 0.5) is 8.78 Å². The molecule has 6 heteroatoms. The third kappa shape index (κ3) is 4.46. The molecule has 0 aromatic heterocycles. The normalized spacial score (nSPS) is 11.9. The first kappa shape index (κ1) is 19.6. The lowest BCUT2D eigenvalue weighted by Gasteiger charge is -2.28. The average Bonchev–Trinajstić information content (AvgIpc) is 2.64. The summed E-state index contributed by atoms with van der Waals surface area (Å²) in [4.78, 5) is 13.4. The van der Waals surface area contributed by atoms with Gasteiger partial charge in [0.25, 0.3) is 0 Å². The van der Waals surface area contributed by atoms with Crippen LogP contribution in [0.3, 0.4) is 0 Å². The van der Waals surface area contributed by atoms with Gasteiger partial charge < -0.3 is 14.3 Å². The van der Waals surface area contributed by atoms with Crippen LogP contribution in [0.2, 0.25) is 0 Å². The number of hydrogen-bond donors (Lipinski definition) is 0. The number of methoxy groups -OCH3 is 2. The lowest BCUT2D eigenvalue weighted by atomic mass is 10.0. The van der Waals surface area contributed by atoms with Crippen molar-refractivity contribution in [1.82, 2.24) is 4.90 Å². The largest absolute Gasteiger partial charge is 0.497 e. The van der Waals surface area contributed by atoms with Gasteiger partial charge in [0.15, 0.2) is 0 Å². The van der Waals surface area contributed by atoms with Crippen LogP contribution >= 0.6 is 0 Å². The Morgan fingerprint density at radius 1 is 1.15 bits per heavy atom. The highest BCUT2D eigenvalue weighted by molar-refractivity contribution is 5.62. The van der Waals surface area contributed by atoms with Gasteiger partial charge in [-0.15, -0.1) is 6.58 Å². The number of halogens is 2. The van der Waals surface area contributed by atoms with Crippen LogP contribution in [0.5, 0.6) is 11.5 Å². The minimum Gasteiger partial charge on any atom is -0.497 e. The highest BCUT2D eigenvalue weighted by Gasteiger charge is 2.23. The van der Waals surface area contributed by atoms with E-state index < -0.39 is 17.7 Å². The summed E-state index contributed by atoms with van der Waals surface area (Å²) in [7, 11) is 3.09. The van der Waals surface area contributed by atoms with Crippen molar-refractivity contribution < 1.29 is 23.0 Å². The summed E-state index contributed by atoms with van der Waals surface area (Å²) in [5, 5.41) is 0. The van der Waals surface area contributed by atoms with Gasteiger partial charge in [-0.25, -0.2) is 8.78 Å². The molecule has 0 radical (unpaired) electrons. The highest BCUT2D eigenvalue weighted by atomic mass is 19.1. The highest BCUT2D eigenvalue weighted by Crippen LogP contribution is 2.29. The van der Waals surface area contributed by atoms with E-state index in [0.717, 1.165) is 17.7 Å². The Kier molecular flexibility index (Phi) is 6.86. The van der Waals surface area contributed by atoms with Gasteiger partial charge in [0.2, 0.25) is 0 Å². The molecule has 0 aliphatic carbocycles. The first-order valence-electron chi connectivity index (χ1n) is 8.00. The fraction of sp³-hybridized carbons (Fsp3) is 0.250. The summed E-state index contributed by atoms with van der Waals surface area (Å²) in [5.41, 5.74) is 0.903. The van der Waals surface area contributed by atoms with E-state index in [1.54, 1.807) is 30.2 Å². The molecule has 1 atom stereocenters. The number of hydrogen-bond acceptors (Lipinski definition) is 4. The maximum absolute atomic E-state index is 14.2. The number of benzene rings is 2. The van der Waals surface area contributed by atoms with E-state index in [4.69, 9.17) is 9.47 Å². The van der Waals surface area contributed by atoms with Gasteiger partial charge in [0.1, 0.15) is 29.4 Å². The van der Waals surface area contributed by atoms with Crippen molar-refractivity contribution in [2.24, 2.45) is 0 Å². The second kappa shape index (κ2) is 9.10. The molecule has 0 aliphatic rings. The number of aldehydes is 1. The SMILES string of the molecule is C=CCN(Cc1ccc(OC)cc1OC)C(C=O)c1ccc(F)cc1F. The van der Waals surface area contributed by atoms with Crippen molar-refractivity contribution in [2.75, 3.05) is 20.8 Å². The van der Waals surface area contributed by atoms with Crippen molar-refractivity contribution >= 4 is 6.29 Å². The lowest BCUT2D eigenvalue weighted by Crippen LogP contribution is -2.30. The van der Waals surface area contributed by atoms with Crippen molar-refractivity contribution in [3.05, 3.63) is 71.8 Å². The molecule has 2 rings (SSSR count). The first-order valence-corrected chi connectivity index (χ1v) is 8.00.